The molecular weight excluding hydrogens is 382 g/mol. The van der Waals surface area contributed by atoms with Gasteiger partial charge in [-0.15, -0.1) is 0 Å². The van der Waals surface area contributed by atoms with Crippen molar-refractivity contribution in [2.24, 2.45) is 5.92 Å². The first-order valence-electron chi connectivity index (χ1n) is 9.52. The van der Waals surface area contributed by atoms with E-state index in [-0.39, 0.29) is 11.7 Å². The quantitative estimate of drug-likeness (QED) is 0.602. The fourth-order valence-electron chi connectivity index (χ4n) is 3.87. The Kier molecular flexibility index (Phi) is 5.97. The van der Waals surface area contributed by atoms with Crippen LogP contribution in [0.3, 0.4) is 0 Å². The molecule has 2 aromatic rings. The number of hydrogen-bond donors (Lipinski definition) is 1. The topological polar surface area (TPSA) is 95.6 Å². The zero-order chi connectivity index (χ0) is 22.0. The predicted octanol–water partition coefficient (Wildman–Crippen LogP) is 3.54. The summed E-state index contributed by atoms with van der Waals surface area (Å²) in [6.07, 6.45) is 0.436. The molecule has 2 aromatic carbocycles. The molecule has 0 amide bonds. The maximum absolute atomic E-state index is 11.5. The maximum atomic E-state index is 11.5. The Bertz CT molecular complexity index is 1010. The van der Waals surface area contributed by atoms with E-state index >= 15 is 0 Å². The fourth-order valence-corrected chi connectivity index (χ4v) is 3.87. The summed E-state index contributed by atoms with van der Waals surface area (Å²) in [5, 5.41) is 18.4. The van der Waals surface area contributed by atoms with Crippen molar-refractivity contribution in [3.63, 3.8) is 0 Å². The van der Waals surface area contributed by atoms with E-state index in [9.17, 15) is 10.1 Å². The number of ether oxygens (including phenoxy) is 3. The van der Waals surface area contributed by atoms with Gasteiger partial charge in [0.2, 0.25) is 5.75 Å². The van der Waals surface area contributed by atoms with Crippen LogP contribution in [-0.2, 0) is 11.2 Å². The minimum Gasteiger partial charge on any atom is -0.493 e. The lowest BCUT2D eigenvalue weighted by Crippen LogP contribution is -2.29. The Morgan fingerprint density at radius 3 is 2.30 bits per heavy atom. The number of benzene rings is 2. The molecule has 156 valence electrons. The fraction of sp³-hybridized carbons (Fsp3) is 0.348. The predicted molar refractivity (Wildman–Crippen MR) is 114 cm³/mol. The average Bonchev–Trinajstić information content (AvgIpc) is 2.71. The molecule has 1 N–H and O–H groups in total. The second kappa shape index (κ2) is 8.46. The zero-order valence-electron chi connectivity index (χ0n) is 17.8. The first kappa shape index (κ1) is 21.2. The Hall–Kier alpha value is -3.53. The van der Waals surface area contributed by atoms with Gasteiger partial charge in [-0.1, -0.05) is 6.07 Å². The van der Waals surface area contributed by atoms with Crippen molar-refractivity contribution in [1.82, 2.24) is 0 Å². The molecular formula is C23H25N3O4. The number of nitrogens with one attached hydrogen (secondary N) is 1. The third-order valence-corrected chi connectivity index (χ3v) is 5.29. The van der Waals surface area contributed by atoms with Gasteiger partial charge in [-0.2, -0.15) is 5.26 Å². The van der Waals surface area contributed by atoms with Crippen LogP contribution in [0.1, 0.15) is 29.5 Å². The number of nitrogens with zero attached hydrogens (tertiary/aromatic N) is 2. The molecule has 0 saturated carbocycles. The van der Waals surface area contributed by atoms with Crippen LogP contribution in [0.2, 0.25) is 0 Å². The molecule has 0 bridgehead atoms. The third-order valence-electron chi connectivity index (χ3n) is 5.29. The van der Waals surface area contributed by atoms with Crippen LogP contribution in [-0.4, -0.2) is 40.0 Å². The van der Waals surface area contributed by atoms with Gasteiger partial charge in [0.15, 0.2) is 11.5 Å². The Labute approximate surface area is 176 Å². The van der Waals surface area contributed by atoms with Crippen LogP contribution in [0.4, 0.5) is 5.69 Å². The summed E-state index contributed by atoms with van der Waals surface area (Å²) in [7, 11) is 6.89. The summed E-state index contributed by atoms with van der Waals surface area (Å²) in [5.74, 6) is -0.609. The molecule has 2 atom stereocenters. The average molecular weight is 407 g/mol. The number of carbonyl (C=O) groups excluding carboxylic acids is 1. The van der Waals surface area contributed by atoms with Crippen LogP contribution in [0.25, 0.3) is 0 Å². The largest absolute Gasteiger partial charge is 0.493 e. The number of carbonyl (C=O) groups is 1. The van der Waals surface area contributed by atoms with Crippen LogP contribution in [0.15, 0.2) is 30.3 Å². The smallest absolute Gasteiger partial charge is 0.308 e. The van der Waals surface area contributed by atoms with Gasteiger partial charge >= 0.3 is 5.97 Å². The molecule has 0 radical (unpaired) electrons. The maximum Gasteiger partial charge on any atom is 0.308 e. The minimum absolute atomic E-state index is 0.193. The molecule has 0 heterocycles. The first-order valence-corrected chi connectivity index (χ1v) is 9.52. The number of esters is 1. The summed E-state index contributed by atoms with van der Waals surface area (Å²) in [6.45, 7) is 1.31. The second-order valence-corrected chi connectivity index (χ2v) is 7.41. The van der Waals surface area contributed by atoms with Gasteiger partial charge in [-0.3, -0.25) is 4.79 Å². The zero-order valence-corrected chi connectivity index (χ0v) is 17.8. The summed E-state index contributed by atoms with van der Waals surface area (Å²) >= 11 is 0. The highest BCUT2D eigenvalue weighted by Crippen LogP contribution is 2.46. The van der Waals surface area contributed by atoms with Crippen molar-refractivity contribution in [2.75, 3.05) is 33.2 Å². The van der Waals surface area contributed by atoms with Crippen molar-refractivity contribution in [3.8, 4) is 23.3 Å². The molecule has 2 unspecified atom stereocenters. The highest BCUT2D eigenvalue weighted by molar-refractivity contribution is 5.92. The summed E-state index contributed by atoms with van der Waals surface area (Å²) in [6, 6.07) is 11.9. The lowest BCUT2D eigenvalue weighted by molar-refractivity contribution is -0.132. The normalized spacial score (nSPS) is 17.5. The van der Waals surface area contributed by atoms with E-state index in [2.05, 4.69) is 12.1 Å². The van der Waals surface area contributed by atoms with E-state index in [1.165, 1.54) is 21.1 Å². The van der Waals surface area contributed by atoms with E-state index in [0.717, 1.165) is 22.4 Å². The van der Waals surface area contributed by atoms with Crippen molar-refractivity contribution < 1.29 is 19.0 Å². The Morgan fingerprint density at radius 2 is 1.80 bits per heavy atom. The molecule has 7 heteroatoms. The van der Waals surface area contributed by atoms with Crippen molar-refractivity contribution in [3.05, 3.63) is 47.0 Å². The molecule has 0 fully saturated rings. The highest BCUT2D eigenvalue weighted by atomic mass is 16.6. The van der Waals surface area contributed by atoms with Crippen molar-refractivity contribution in [2.45, 2.75) is 19.3 Å². The van der Waals surface area contributed by atoms with Crippen LogP contribution >= 0.6 is 0 Å². The van der Waals surface area contributed by atoms with Gasteiger partial charge in [-0.05, 0) is 41.0 Å². The number of fused-ring (bicyclic) bond motifs is 1. The van der Waals surface area contributed by atoms with Gasteiger partial charge in [-0.25, -0.2) is 0 Å². The number of methoxy groups -OCH3 is 2. The lowest BCUT2D eigenvalue weighted by Gasteiger charge is -2.32. The van der Waals surface area contributed by atoms with E-state index in [1.54, 1.807) is 12.1 Å². The van der Waals surface area contributed by atoms with Gasteiger partial charge in [0, 0.05) is 44.8 Å². The molecule has 1 aliphatic rings. The number of hydrogen-bond acceptors (Lipinski definition) is 7. The monoisotopic (exact) mass is 407 g/mol. The Morgan fingerprint density at radius 1 is 1.17 bits per heavy atom. The van der Waals surface area contributed by atoms with E-state index in [4.69, 9.17) is 19.6 Å². The van der Waals surface area contributed by atoms with E-state index in [1.807, 2.05) is 31.1 Å². The number of rotatable bonds is 5. The van der Waals surface area contributed by atoms with Crippen LogP contribution < -0.4 is 19.1 Å². The Balaban J connectivity index is 2.21. The molecule has 0 aliphatic heterocycles. The molecule has 0 saturated heterocycles. The van der Waals surface area contributed by atoms with E-state index < -0.39 is 11.9 Å². The van der Waals surface area contributed by atoms with Crippen molar-refractivity contribution in [1.29, 1.82) is 10.7 Å². The van der Waals surface area contributed by atoms with E-state index in [0.29, 0.717) is 23.6 Å². The SMILES string of the molecule is COc1cc(C2c3ccc(N(C)C)cc3CC(=N)C2C#N)cc(OC)c1OC(C)=O. The first-order chi connectivity index (χ1) is 14.3. The van der Waals surface area contributed by atoms with Crippen molar-refractivity contribution >= 4 is 17.4 Å². The molecule has 0 spiro atoms. The van der Waals surface area contributed by atoms with Gasteiger partial charge in [0.25, 0.3) is 0 Å². The van der Waals surface area contributed by atoms with Gasteiger partial charge in [0.1, 0.15) is 0 Å². The third kappa shape index (κ3) is 3.81. The number of anilines is 1. The van der Waals surface area contributed by atoms with Crippen LogP contribution in [0, 0.1) is 22.7 Å². The summed E-state index contributed by atoms with van der Waals surface area (Å²) in [5.41, 5.74) is 4.18. The summed E-state index contributed by atoms with van der Waals surface area (Å²) < 4.78 is 16.2. The standard InChI is InChI=1S/C23H25N3O4/c1-13(27)30-23-20(28-4)10-15(11-21(23)29-5)22-17-7-6-16(26(2)3)8-14(17)9-19(25)18(22)12-24/h6-8,10-11,18,22,25H,9H2,1-5H3. The molecule has 1 aliphatic carbocycles. The van der Waals surface area contributed by atoms with Gasteiger partial charge in [0.05, 0.1) is 26.2 Å². The van der Waals surface area contributed by atoms with Gasteiger partial charge < -0.3 is 24.5 Å². The van der Waals surface area contributed by atoms with Crippen LogP contribution in [0.5, 0.6) is 17.2 Å². The summed E-state index contributed by atoms with van der Waals surface area (Å²) in [4.78, 5) is 13.5. The minimum atomic E-state index is -0.614. The number of nitriles is 1. The molecule has 7 nitrogen and oxygen atoms in total. The second-order valence-electron chi connectivity index (χ2n) is 7.41. The molecule has 0 aromatic heterocycles. The lowest BCUT2D eigenvalue weighted by atomic mass is 9.71. The molecule has 3 rings (SSSR count). The highest BCUT2D eigenvalue weighted by Gasteiger charge is 2.36. The molecule has 30 heavy (non-hydrogen) atoms.